The number of hydrogen-bond acceptors (Lipinski definition) is 3. The lowest BCUT2D eigenvalue weighted by molar-refractivity contribution is 0.158. The van der Waals surface area contributed by atoms with Crippen LogP contribution in [-0.4, -0.2) is 47.8 Å². The van der Waals surface area contributed by atoms with E-state index in [1.54, 1.807) is 0 Å². The summed E-state index contributed by atoms with van der Waals surface area (Å²) >= 11 is 0. The van der Waals surface area contributed by atoms with Crippen LogP contribution in [0.4, 0.5) is 0 Å². The lowest BCUT2D eigenvalue weighted by Gasteiger charge is -2.29. The molecule has 3 fully saturated rings. The number of rotatable bonds is 5. The Morgan fingerprint density at radius 2 is 2.07 bits per heavy atom. The maximum absolute atomic E-state index is 9.58. The molecule has 0 amide bonds. The summed E-state index contributed by atoms with van der Waals surface area (Å²) in [7, 11) is 0. The molecule has 2 N–H and O–H groups in total. The molecule has 15 heavy (non-hydrogen) atoms. The van der Waals surface area contributed by atoms with Crippen molar-refractivity contribution in [1.29, 1.82) is 0 Å². The van der Waals surface area contributed by atoms with Gasteiger partial charge in [-0.1, -0.05) is 0 Å². The first kappa shape index (κ1) is 10.1. The zero-order valence-electron chi connectivity index (χ0n) is 9.41. The van der Waals surface area contributed by atoms with E-state index in [0.717, 1.165) is 31.5 Å². The number of likely N-dealkylation sites (tertiary alicyclic amines) is 1. The minimum atomic E-state index is 0.0329. The molecular weight excluding hydrogens is 188 g/mol. The number of hydrogen-bond donors (Lipinski definition) is 2. The number of nitrogens with one attached hydrogen (secondary N) is 1. The predicted octanol–water partition coefficient (Wildman–Crippen LogP) is 0.585. The van der Waals surface area contributed by atoms with E-state index < -0.39 is 0 Å². The standard InChI is InChI=1S/C12H22N2O/c15-9-12(13-7-10-1-2-10)5-6-14(8-12)11-3-4-11/h10-11,13,15H,1-9H2. The van der Waals surface area contributed by atoms with E-state index in [1.165, 1.54) is 32.2 Å². The van der Waals surface area contributed by atoms with E-state index in [0.29, 0.717) is 6.61 Å². The molecule has 1 atom stereocenters. The smallest absolute Gasteiger partial charge is 0.0626 e. The first-order valence-electron chi connectivity index (χ1n) is 6.41. The summed E-state index contributed by atoms with van der Waals surface area (Å²) in [6.45, 7) is 3.69. The molecule has 0 bridgehead atoms. The van der Waals surface area contributed by atoms with Gasteiger partial charge in [0.15, 0.2) is 0 Å². The van der Waals surface area contributed by atoms with Gasteiger partial charge in [0.05, 0.1) is 12.1 Å². The maximum Gasteiger partial charge on any atom is 0.0626 e. The summed E-state index contributed by atoms with van der Waals surface area (Å²) in [6.07, 6.45) is 6.67. The highest BCUT2D eigenvalue weighted by Crippen LogP contribution is 2.34. The fraction of sp³-hybridized carbons (Fsp3) is 1.00. The first-order chi connectivity index (χ1) is 7.31. The van der Waals surface area contributed by atoms with E-state index in [-0.39, 0.29) is 5.54 Å². The SMILES string of the molecule is OCC1(NCC2CC2)CCN(C2CC2)C1. The van der Waals surface area contributed by atoms with Gasteiger partial charge >= 0.3 is 0 Å². The average molecular weight is 210 g/mol. The Kier molecular flexibility index (Phi) is 2.49. The minimum absolute atomic E-state index is 0.0329. The largest absolute Gasteiger partial charge is 0.394 e. The Bertz CT molecular complexity index is 238. The molecular formula is C12H22N2O. The van der Waals surface area contributed by atoms with Crippen LogP contribution in [-0.2, 0) is 0 Å². The third kappa shape index (κ3) is 2.19. The third-order valence-electron chi connectivity index (χ3n) is 4.21. The van der Waals surface area contributed by atoms with Crippen LogP contribution in [0.25, 0.3) is 0 Å². The van der Waals surface area contributed by atoms with Crippen LogP contribution in [0.15, 0.2) is 0 Å². The monoisotopic (exact) mass is 210 g/mol. The van der Waals surface area contributed by atoms with Crippen LogP contribution < -0.4 is 5.32 Å². The van der Waals surface area contributed by atoms with Crippen LogP contribution in [0.3, 0.4) is 0 Å². The van der Waals surface area contributed by atoms with E-state index in [2.05, 4.69) is 10.2 Å². The van der Waals surface area contributed by atoms with Gasteiger partial charge in [-0.3, -0.25) is 4.90 Å². The summed E-state index contributed by atoms with van der Waals surface area (Å²) < 4.78 is 0. The highest BCUT2D eigenvalue weighted by Gasteiger charge is 2.43. The molecule has 0 aromatic heterocycles. The second-order valence-corrected chi connectivity index (χ2v) is 5.71. The van der Waals surface area contributed by atoms with Crippen molar-refractivity contribution in [3.05, 3.63) is 0 Å². The molecule has 3 aliphatic rings. The predicted molar refractivity (Wildman–Crippen MR) is 59.8 cm³/mol. The van der Waals surface area contributed by atoms with Crippen molar-refractivity contribution >= 4 is 0 Å². The lowest BCUT2D eigenvalue weighted by Crippen LogP contribution is -2.51. The van der Waals surface area contributed by atoms with Crippen molar-refractivity contribution in [1.82, 2.24) is 10.2 Å². The van der Waals surface area contributed by atoms with Crippen LogP contribution in [0, 0.1) is 5.92 Å². The molecule has 2 aliphatic carbocycles. The Hall–Kier alpha value is -0.120. The fourth-order valence-corrected chi connectivity index (χ4v) is 2.67. The summed E-state index contributed by atoms with van der Waals surface area (Å²) in [5, 5.41) is 13.2. The molecule has 0 aromatic rings. The highest BCUT2D eigenvalue weighted by molar-refractivity contribution is 5.02. The zero-order valence-corrected chi connectivity index (χ0v) is 9.41. The molecule has 3 nitrogen and oxygen atoms in total. The molecule has 86 valence electrons. The number of aliphatic hydroxyl groups is 1. The zero-order chi connectivity index (χ0) is 10.3. The normalized spacial score (nSPS) is 37.4. The molecule has 3 rings (SSSR count). The van der Waals surface area contributed by atoms with Crippen molar-refractivity contribution in [3.8, 4) is 0 Å². The fourth-order valence-electron chi connectivity index (χ4n) is 2.67. The molecule has 1 unspecified atom stereocenters. The molecule has 2 saturated carbocycles. The van der Waals surface area contributed by atoms with Gasteiger partial charge in [-0.15, -0.1) is 0 Å². The Labute approximate surface area is 91.8 Å². The van der Waals surface area contributed by atoms with Gasteiger partial charge in [-0.25, -0.2) is 0 Å². The van der Waals surface area contributed by atoms with Crippen LogP contribution >= 0.6 is 0 Å². The summed E-state index contributed by atoms with van der Waals surface area (Å²) in [5.74, 6) is 0.906. The van der Waals surface area contributed by atoms with Gasteiger partial charge < -0.3 is 10.4 Å². The quantitative estimate of drug-likeness (QED) is 0.697. The van der Waals surface area contributed by atoms with Crippen molar-refractivity contribution < 1.29 is 5.11 Å². The Morgan fingerprint density at radius 1 is 1.27 bits per heavy atom. The number of nitrogens with zero attached hydrogens (tertiary/aromatic N) is 1. The van der Waals surface area contributed by atoms with E-state index in [9.17, 15) is 5.11 Å². The van der Waals surface area contributed by atoms with Crippen molar-refractivity contribution in [2.24, 2.45) is 5.92 Å². The molecule has 1 heterocycles. The summed E-state index contributed by atoms with van der Waals surface area (Å²) in [5.41, 5.74) is 0.0329. The molecule has 1 saturated heterocycles. The van der Waals surface area contributed by atoms with Crippen molar-refractivity contribution in [2.45, 2.75) is 43.7 Å². The summed E-state index contributed by atoms with van der Waals surface area (Å²) in [4.78, 5) is 2.57. The topological polar surface area (TPSA) is 35.5 Å². The van der Waals surface area contributed by atoms with E-state index in [1.807, 2.05) is 0 Å². The third-order valence-corrected chi connectivity index (χ3v) is 4.21. The first-order valence-corrected chi connectivity index (χ1v) is 6.41. The van der Waals surface area contributed by atoms with Gasteiger partial charge in [0.2, 0.25) is 0 Å². The molecule has 0 spiro atoms. The maximum atomic E-state index is 9.58. The van der Waals surface area contributed by atoms with Crippen molar-refractivity contribution in [2.75, 3.05) is 26.2 Å². The van der Waals surface area contributed by atoms with E-state index in [4.69, 9.17) is 0 Å². The molecule has 1 aliphatic heterocycles. The van der Waals surface area contributed by atoms with Gasteiger partial charge in [0.1, 0.15) is 0 Å². The minimum Gasteiger partial charge on any atom is -0.394 e. The molecule has 3 heteroatoms. The van der Waals surface area contributed by atoms with Crippen LogP contribution in [0.1, 0.15) is 32.1 Å². The molecule has 0 aromatic carbocycles. The van der Waals surface area contributed by atoms with Gasteiger partial charge in [-0.2, -0.15) is 0 Å². The van der Waals surface area contributed by atoms with Gasteiger partial charge in [-0.05, 0) is 44.6 Å². The lowest BCUT2D eigenvalue weighted by atomic mass is 10.00. The average Bonchev–Trinajstić information content (AvgIpc) is 3.15. The number of aliphatic hydroxyl groups excluding tert-OH is 1. The van der Waals surface area contributed by atoms with Gasteiger partial charge in [0, 0.05) is 19.1 Å². The van der Waals surface area contributed by atoms with Crippen LogP contribution in [0.5, 0.6) is 0 Å². The van der Waals surface area contributed by atoms with Gasteiger partial charge in [0.25, 0.3) is 0 Å². The Balaban J connectivity index is 1.54. The molecule has 0 radical (unpaired) electrons. The van der Waals surface area contributed by atoms with Crippen molar-refractivity contribution in [3.63, 3.8) is 0 Å². The summed E-state index contributed by atoms with van der Waals surface area (Å²) in [6, 6.07) is 0.848. The van der Waals surface area contributed by atoms with E-state index >= 15 is 0 Å². The Morgan fingerprint density at radius 3 is 2.67 bits per heavy atom. The second-order valence-electron chi connectivity index (χ2n) is 5.71. The highest BCUT2D eigenvalue weighted by atomic mass is 16.3. The van der Waals surface area contributed by atoms with Crippen LogP contribution in [0.2, 0.25) is 0 Å². The second kappa shape index (κ2) is 3.72.